The third-order valence-corrected chi connectivity index (χ3v) is 4.86. The van der Waals surface area contributed by atoms with Gasteiger partial charge in [0.05, 0.1) is 12.2 Å². The van der Waals surface area contributed by atoms with E-state index in [1.807, 2.05) is 38.1 Å². The molecule has 0 aromatic heterocycles. The second-order valence-electron chi connectivity index (χ2n) is 8.22. The van der Waals surface area contributed by atoms with Crippen molar-refractivity contribution in [1.82, 2.24) is 0 Å². The first-order valence-corrected chi connectivity index (χ1v) is 9.72. The van der Waals surface area contributed by atoms with E-state index < -0.39 is 17.7 Å². The first-order chi connectivity index (χ1) is 14.4. The van der Waals surface area contributed by atoms with E-state index >= 15 is 0 Å². The van der Waals surface area contributed by atoms with Crippen molar-refractivity contribution in [3.05, 3.63) is 83.5 Å². The van der Waals surface area contributed by atoms with E-state index in [0.29, 0.717) is 23.5 Å². The molecule has 0 atom stereocenters. The molecule has 2 aromatic carbocycles. The van der Waals surface area contributed by atoms with Gasteiger partial charge in [-0.05, 0) is 53.5 Å². The number of benzene rings is 2. The van der Waals surface area contributed by atoms with Crippen LogP contribution in [-0.2, 0) is 11.0 Å². The van der Waals surface area contributed by atoms with Crippen LogP contribution in [0, 0.1) is 5.41 Å². The van der Waals surface area contributed by atoms with Crippen LogP contribution in [0.1, 0.15) is 31.9 Å². The monoisotopic (exact) mass is 428 g/mol. The maximum atomic E-state index is 12.9. The molecule has 0 fully saturated rings. The lowest BCUT2D eigenvalue weighted by atomic mass is 9.89. The van der Waals surface area contributed by atoms with Crippen molar-refractivity contribution in [1.29, 1.82) is 0 Å². The number of hydrogen-bond donors (Lipinski definition) is 1. The summed E-state index contributed by atoms with van der Waals surface area (Å²) >= 11 is 0. The van der Waals surface area contributed by atoms with Crippen LogP contribution >= 0.6 is 0 Å². The highest BCUT2D eigenvalue weighted by atomic mass is 19.4. The summed E-state index contributed by atoms with van der Waals surface area (Å²) in [5.41, 5.74) is 2.68. The van der Waals surface area contributed by atoms with E-state index in [1.54, 1.807) is 13.0 Å². The van der Waals surface area contributed by atoms with Crippen molar-refractivity contribution in [2.24, 2.45) is 5.41 Å². The first-order valence-electron chi connectivity index (χ1n) is 9.72. The largest absolute Gasteiger partial charge is 0.492 e. The highest BCUT2D eigenvalue weighted by Crippen LogP contribution is 2.39. The number of ether oxygens (including phenoxy) is 1. The lowest BCUT2D eigenvalue weighted by Gasteiger charge is -2.18. The van der Waals surface area contributed by atoms with Crippen LogP contribution in [0.5, 0.6) is 5.75 Å². The highest BCUT2D eigenvalue weighted by molar-refractivity contribution is 5.84. The summed E-state index contributed by atoms with van der Waals surface area (Å²) < 4.78 is 44.6. The molecule has 0 saturated carbocycles. The number of carbonyl (C=O) groups is 1. The summed E-state index contributed by atoms with van der Waals surface area (Å²) in [5.74, 6) is -0.359. The molecule has 31 heavy (non-hydrogen) atoms. The zero-order valence-electron chi connectivity index (χ0n) is 17.5. The SMILES string of the molecule is CC(/C=C/C1=CC(C)(C)COc2ccc(-c3ccc(C(F)(F)F)cc3)cc21)=C\C(=O)O. The third kappa shape index (κ3) is 5.66. The number of alkyl halides is 3. The number of rotatable bonds is 4. The normalized spacial score (nSPS) is 16.3. The quantitative estimate of drug-likeness (QED) is 0.432. The van der Waals surface area contributed by atoms with Gasteiger partial charge in [0.1, 0.15) is 5.75 Å². The van der Waals surface area contributed by atoms with Crippen LogP contribution in [0.3, 0.4) is 0 Å². The van der Waals surface area contributed by atoms with Gasteiger partial charge in [0.15, 0.2) is 0 Å². The Morgan fingerprint density at radius 3 is 2.35 bits per heavy atom. The Labute approximate surface area is 179 Å². The molecular weight excluding hydrogens is 405 g/mol. The van der Waals surface area contributed by atoms with Crippen LogP contribution in [0.15, 0.2) is 72.3 Å². The van der Waals surface area contributed by atoms with Crippen LogP contribution in [0.2, 0.25) is 0 Å². The average Bonchev–Trinajstić information content (AvgIpc) is 2.81. The fourth-order valence-electron chi connectivity index (χ4n) is 3.32. The van der Waals surface area contributed by atoms with Gasteiger partial charge in [0.25, 0.3) is 0 Å². The lowest BCUT2D eigenvalue weighted by Crippen LogP contribution is -2.17. The number of fused-ring (bicyclic) bond motifs is 1. The predicted octanol–water partition coefficient (Wildman–Crippen LogP) is 6.76. The summed E-state index contributed by atoms with van der Waals surface area (Å²) in [6, 6.07) is 10.5. The van der Waals surface area contributed by atoms with E-state index in [0.717, 1.165) is 34.9 Å². The molecule has 0 bridgehead atoms. The van der Waals surface area contributed by atoms with Crippen LogP contribution in [0.4, 0.5) is 13.2 Å². The molecule has 6 heteroatoms. The van der Waals surface area contributed by atoms with Gasteiger partial charge < -0.3 is 9.84 Å². The number of carboxylic acids is 1. The van der Waals surface area contributed by atoms with E-state index in [4.69, 9.17) is 9.84 Å². The topological polar surface area (TPSA) is 46.5 Å². The summed E-state index contributed by atoms with van der Waals surface area (Å²) in [6.07, 6.45) is 2.35. The Balaban J connectivity index is 2.04. The molecule has 0 unspecified atom stereocenters. The summed E-state index contributed by atoms with van der Waals surface area (Å²) in [7, 11) is 0. The van der Waals surface area contributed by atoms with Gasteiger partial charge in [-0.25, -0.2) is 4.79 Å². The van der Waals surface area contributed by atoms with E-state index in [1.165, 1.54) is 12.1 Å². The van der Waals surface area contributed by atoms with Gasteiger partial charge in [-0.3, -0.25) is 0 Å². The molecule has 0 saturated heterocycles. The molecule has 1 aliphatic heterocycles. The Morgan fingerprint density at radius 2 is 1.74 bits per heavy atom. The zero-order valence-corrected chi connectivity index (χ0v) is 17.5. The first kappa shape index (κ1) is 22.4. The molecule has 1 N–H and O–H groups in total. The van der Waals surface area contributed by atoms with Crippen LogP contribution in [0.25, 0.3) is 16.7 Å². The van der Waals surface area contributed by atoms with E-state index in [2.05, 4.69) is 6.08 Å². The maximum absolute atomic E-state index is 12.9. The molecule has 0 aliphatic carbocycles. The smallest absolute Gasteiger partial charge is 0.416 e. The predicted molar refractivity (Wildman–Crippen MR) is 115 cm³/mol. The summed E-state index contributed by atoms with van der Waals surface area (Å²) in [6.45, 7) is 6.22. The number of carboxylic acid groups (broad SMARTS) is 1. The Hall–Kier alpha value is -3.28. The van der Waals surface area contributed by atoms with Gasteiger partial charge in [-0.2, -0.15) is 13.2 Å². The standard InChI is InChI=1S/C25H23F3O3/c1-16(12-23(29)30)4-5-19-14-24(2,3)15-31-22-11-8-18(13-21(19)22)17-6-9-20(10-7-17)25(26,27)28/h4-14H,15H2,1-3H3,(H,29,30)/b5-4+,16-12+. The van der Waals surface area contributed by atoms with Crippen LogP contribution in [-0.4, -0.2) is 17.7 Å². The van der Waals surface area contributed by atoms with Crippen molar-refractivity contribution in [2.45, 2.75) is 26.9 Å². The van der Waals surface area contributed by atoms with Crippen molar-refractivity contribution in [3.63, 3.8) is 0 Å². The second kappa shape index (κ2) is 8.46. The Morgan fingerprint density at radius 1 is 1.10 bits per heavy atom. The molecule has 162 valence electrons. The van der Waals surface area contributed by atoms with Gasteiger partial charge in [0.2, 0.25) is 0 Å². The molecule has 2 aromatic rings. The third-order valence-electron chi connectivity index (χ3n) is 4.86. The van der Waals surface area contributed by atoms with Gasteiger partial charge in [0, 0.05) is 17.1 Å². The molecule has 3 rings (SSSR count). The lowest BCUT2D eigenvalue weighted by molar-refractivity contribution is -0.137. The minimum Gasteiger partial charge on any atom is -0.492 e. The molecular formula is C25H23F3O3. The van der Waals surface area contributed by atoms with Crippen molar-refractivity contribution >= 4 is 11.5 Å². The Bertz CT molecular complexity index is 1070. The van der Waals surface area contributed by atoms with Gasteiger partial charge in [-0.1, -0.05) is 50.3 Å². The van der Waals surface area contributed by atoms with Gasteiger partial charge in [-0.15, -0.1) is 0 Å². The molecule has 0 amide bonds. The number of allylic oxidation sites excluding steroid dienone is 4. The highest BCUT2D eigenvalue weighted by Gasteiger charge is 2.30. The molecule has 3 nitrogen and oxygen atoms in total. The molecule has 1 heterocycles. The van der Waals surface area contributed by atoms with Gasteiger partial charge >= 0.3 is 12.1 Å². The van der Waals surface area contributed by atoms with E-state index in [-0.39, 0.29) is 5.41 Å². The number of hydrogen-bond acceptors (Lipinski definition) is 2. The van der Waals surface area contributed by atoms with Crippen molar-refractivity contribution in [3.8, 4) is 16.9 Å². The maximum Gasteiger partial charge on any atom is 0.416 e. The van der Waals surface area contributed by atoms with E-state index in [9.17, 15) is 18.0 Å². The number of aliphatic carboxylic acids is 1. The Kier molecular flexibility index (Phi) is 6.11. The fraction of sp³-hybridized carbons (Fsp3) is 0.240. The minimum absolute atomic E-state index is 0.266. The molecule has 0 radical (unpaired) electrons. The fourth-order valence-corrected chi connectivity index (χ4v) is 3.32. The summed E-state index contributed by atoms with van der Waals surface area (Å²) in [4.78, 5) is 10.9. The average molecular weight is 428 g/mol. The zero-order chi connectivity index (χ0) is 22.8. The van der Waals surface area contributed by atoms with Crippen LogP contribution < -0.4 is 4.74 Å². The van der Waals surface area contributed by atoms with Crippen molar-refractivity contribution in [2.75, 3.05) is 6.61 Å². The number of halogens is 3. The molecule has 0 spiro atoms. The molecule has 1 aliphatic rings. The van der Waals surface area contributed by atoms with Crippen molar-refractivity contribution < 1.29 is 27.8 Å². The second-order valence-corrected chi connectivity index (χ2v) is 8.22. The summed E-state index contributed by atoms with van der Waals surface area (Å²) in [5, 5.41) is 8.92. The minimum atomic E-state index is -4.38.